The molecule has 0 fully saturated rings. The van der Waals surface area contributed by atoms with Crippen LogP contribution in [0.5, 0.6) is 5.75 Å². The van der Waals surface area contributed by atoms with Crippen LogP contribution in [0.4, 0.5) is 0 Å². The maximum Gasteiger partial charge on any atom is 0.272 e. The average molecular weight is 383 g/mol. The third-order valence-corrected chi connectivity index (χ3v) is 6.31. The number of hydrogen-bond acceptors (Lipinski definition) is 5. The highest BCUT2D eigenvalue weighted by atomic mass is 32.2. The molecule has 0 aliphatic carbocycles. The number of nitrogens with zero attached hydrogens (tertiary/aromatic N) is 2. The first kappa shape index (κ1) is 17.2. The lowest BCUT2D eigenvalue weighted by atomic mass is 10.2. The lowest BCUT2D eigenvalue weighted by molar-refractivity contribution is 0.414. The molecule has 4 rings (SSSR count). The lowest BCUT2D eigenvalue weighted by Gasteiger charge is -2.14. The third kappa shape index (κ3) is 3.39. The predicted octanol–water partition coefficient (Wildman–Crippen LogP) is 4.18. The molecule has 2 heterocycles. The van der Waals surface area contributed by atoms with Crippen molar-refractivity contribution in [2.45, 2.75) is 22.2 Å². The Hall–Kier alpha value is -2.18. The van der Waals surface area contributed by atoms with E-state index < -0.39 is 0 Å². The van der Waals surface area contributed by atoms with Gasteiger partial charge < -0.3 is 4.74 Å². The van der Waals surface area contributed by atoms with Crippen LogP contribution >= 0.6 is 23.5 Å². The van der Waals surface area contributed by atoms with Gasteiger partial charge in [-0.05, 0) is 17.7 Å². The minimum Gasteiger partial charge on any atom is -0.497 e. The van der Waals surface area contributed by atoms with Gasteiger partial charge in [0.05, 0.1) is 23.4 Å². The second kappa shape index (κ2) is 7.60. The highest BCUT2D eigenvalue weighted by Gasteiger charge is 2.22. The molecule has 132 valence electrons. The first-order valence-corrected chi connectivity index (χ1v) is 10.3. The monoisotopic (exact) mass is 382 g/mol. The lowest BCUT2D eigenvalue weighted by Crippen LogP contribution is -2.23. The number of hydrogen-bond donors (Lipinski definition) is 0. The molecule has 26 heavy (non-hydrogen) atoms. The van der Waals surface area contributed by atoms with Crippen molar-refractivity contribution in [1.29, 1.82) is 0 Å². The van der Waals surface area contributed by atoms with Crippen LogP contribution in [0.15, 0.2) is 69.4 Å². The number of aryl methyl sites for hydroxylation is 1. The van der Waals surface area contributed by atoms with Gasteiger partial charge >= 0.3 is 0 Å². The molecular formula is C20H18N2O2S2. The number of methoxy groups -OCH3 is 1. The molecule has 0 N–H and O–H groups in total. The highest BCUT2D eigenvalue weighted by Crippen LogP contribution is 2.31. The summed E-state index contributed by atoms with van der Waals surface area (Å²) in [6.45, 7) is 0. The van der Waals surface area contributed by atoms with E-state index in [1.807, 2.05) is 42.5 Å². The van der Waals surface area contributed by atoms with Gasteiger partial charge in [-0.2, -0.15) is 0 Å². The highest BCUT2D eigenvalue weighted by molar-refractivity contribution is 7.99. The summed E-state index contributed by atoms with van der Waals surface area (Å²) in [7, 11) is 1.63. The molecule has 0 saturated carbocycles. The maximum absolute atomic E-state index is 13.1. The van der Waals surface area contributed by atoms with Crippen LogP contribution in [-0.4, -0.2) is 22.4 Å². The van der Waals surface area contributed by atoms with E-state index in [1.165, 1.54) is 5.56 Å². The summed E-state index contributed by atoms with van der Waals surface area (Å²) in [4.78, 5) is 18.7. The minimum absolute atomic E-state index is 0.0151. The Morgan fingerprint density at radius 3 is 2.85 bits per heavy atom. The van der Waals surface area contributed by atoms with Crippen LogP contribution in [0.25, 0.3) is 5.69 Å². The summed E-state index contributed by atoms with van der Waals surface area (Å²) in [6.07, 6.45) is 0.854. The standard InChI is InChI=1S/C20H18N2O2S2/c1-24-16-9-5-8-15(12-16)22-19(23)18-17(10-11-25-18)21-20(22)26-13-14-6-3-2-4-7-14/h2-9,12H,10-11,13H2,1H3. The predicted molar refractivity (Wildman–Crippen MR) is 107 cm³/mol. The van der Waals surface area contributed by atoms with Crippen molar-refractivity contribution >= 4 is 23.5 Å². The van der Waals surface area contributed by atoms with E-state index in [4.69, 9.17) is 9.72 Å². The molecule has 0 radical (unpaired) electrons. The van der Waals surface area contributed by atoms with Crippen LogP contribution in [0, 0.1) is 0 Å². The Labute approximate surface area is 160 Å². The summed E-state index contributed by atoms with van der Waals surface area (Å²) in [5.41, 5.74) is 2.93. The zero-order valence-corrected chi connectivity index (χ0v) is 16.0. The fourth-order valence-corrected chi connectivity index (χ4v) is 4.90. The van der Waals surface area contributed by atoms with E-state index in [2.05, 4.69) is 12.1 Å². The topological polar surface area (TPSA) is 44.1 Å². The van der Waals surface area contributed by atoms with E-state index in [1.54, 1.807) is 35.2 Å². The number of aromatic nitrogens is 2. The summed E-state index contributed by atoms with van der Waals surface area (Å²) < 4.78 is 7.05. The quantitative estimate of drug-likeness (QED) is 0.489. The molecule has 1 aliphatic heterocycles. The first-order chi connectivity index (χ1) is 12.8. The third-order valence-electron chi connectivity index (χ3n) is 4.19. The van der Waals surface area contributed by atoms with Gasteiger partial charge in [-0.3, -0.25) is 9.36 Å². The Morgan fingerprint density at radius 2 is 2.04 bits per heavy atom. The van der Waals surface area contributed by atoms with Crippen molar-refractivity contribution in [1.82, 2.24) is 9.55 Å². The molecule has 1 aliphatic rings. The van der Waals surface area contributed by atoms with Crippen LogP contribution < -0.4 is 10.3 Å². The Morgan fingerprint density at radius 1 is 1.19 bits per heavy atom. The van der Waals surface area contributed by atoms with E-state index in [-0.39, 0.29) is 5.56 Å². The van der Waals surface area contributed by atoms with Gasteiger partial charge in [0.15, 0.2) is 5.16 Å². The van der Waals surface area contributed by atoms with Crippen LogP contribution in [0.1, 0.15) is 11.3 Å². The number of ether oxygens (including phenoxy) is 1. The number of fused-ring (bicyclic) bond motifs is 1. The van der Waals surface area contributed by atoms with Gasteiger partial charge in [-0.1, -0.05) is 48.2 Å². The Bertz CT molecular complexity index is 987. The zero-order chi connectivity index (χ0) is 17.9. The van der Waals surface area contributed by atoms with Crippen molar-refractivity contribution in [3.63, 3.8) is 0 Å². The molecule has 2 aromatic carbocycles. The molecule has 0 atom stereocenters. The average Bonchev–Trinajstić information content (AvgIpc) is 3.16. The normalized spacial score (nSPS) is 12.8. The smallest absolute Gasteiger partial charge is 0.272 e. The molecule has 0 amide bonds. The SMILES string of the molecule is COc1cccc(-n2c(SCc3ccccc3)nc3c(c2=O)SCC3)c1. The Kier molecular flexibility index (Phi) is 5.04. The van der Waals surface area contributed by atoms with Crippen LogP contribution in [0.3, 0.4) is 0 Å². The second-order valence-electron chi connectivity index (χ2n) is 5.88. The van der Waals surface area contributed by atoms with E-state index in [9.17, 15) is 4.79 Å². The fourth-order valence-electron chi connectivity index (χ4n) is 2.89. The van der Waals surface area contributed by atoms with Crippen molar-refractivity contribution in [2.24, 2.45) is 0 Å². The maximum atomic E-state index is 13.1. The van der Waals surface area contributed by atoms with Crippen molar-refractivity contribution in [3.05, 3.63) is 76.2 Å². The van der Waals surface area contributed by atoms with Gasteiger partial charge in [-0.25, -0.2) is 4.98 Å². The Balaban J connectivity index is 1.79. The molecule has 0 bridgehead atoms. The van der Waals surface area contributed by atoms with Gasteiger partial charge in [0, 0.05) is 24.0 Å². The van der Waals surface area contributed by atoms with Gasteiger partial charge in [-0.15, -0.1) is 11.8 Å². The number of rotatable bonds is 5. The van der Waals surface area contributed by atoms with Crippen LogP contribution in [-0.2, 0) is 12.2 Å². The van der Waals surface area contributed by atoms with E-state index in [0.29, 0.717) is 0 Å². The fraction of sp³-hybridized carbons (Fsp3) is 0.200. The summed E-state index contributed by atoms with van der Waals surface area (Å²) >= 11 is 3.19. The second-order valence-corrected chi connectivity index (χ2v) is 7.93. The zero-order valence-electron chi connectivity index (χ0n) is 14.3. The first-order valence-electron chi connectivity index (χ1n) is 8.36. The van der Waals surface area contributed by atoms with E-state index >= 15 is 0 Å². The van der Waals surface area contributed by atoms with Crippen molar-refractivity contribution < 1.29 is 4.74 Å². The number of benzene rings is 2. The minimum atomic E-state index is 0.0151. The van der Waals surface area contributed by atoms with Crippen LogP contribution in [0.2, 0.25) is 0 Å². The van der Waals surface area contributed by atoms with Crippen molar-refractivity contribution in [3.8, 4) is 11.4 Å². The largest absolute Gasteiger partial charge is 0.497 e. The van der Waals surface area contributed by atoms with E-state index in [0.717, 1.165) is 45.1 Å². The molecule has 1 aromatic heterocycles. The summed E-state index contributed by atoms with van der Waals surface area (Å²) in [6, 6.07) is 17.8. The molecule has 3 aromatic rings. The molecule has 6 heteroatoms. The van der Waals surface area contributed by atoms with Crippen molar-refractivity contribution in [2.75, 3.05) is 12.9 Å². The van der Waals surface area contributed by atoms with Gasteiger partial charge in [0.25, 0.3) is 5.56 Å². The molecule has 0 unspecified atom stereocenters. The molecule has 0 spiro atoms. The number of thioether (sulfide) groups is 2. The van der Waals surface area contributed by atoms with Gasteiger partial charge in [0.1, 0.15) is 5.75 Å². The molecule has 0 saturated heterocycles. The molecular weight excluding hydrogens is 364 g/mol. The van der Waals surface area contributed by atoms with Gasteiger partial charge in [0.2, 0.25) is 0 Å². The molecule has 4 nitrogen and oxygen atoms in total. The summed E-state index contributed by atoms with van der Waals surface area (Å²) in [5.74, 6) is 2.41. The summed E-state index contributed by atoms with van der Waals surface area (Å²) in [5, 5.41) is 0.730.